The lowest BCUT2D eigenvalue weighted by molar-refractivity contribution is -0.141. The molecule has 3 aliphatic heterocycles. The summed E-state index contributed by atoms with van der Waals surface area (Å²) in [5.74, 6) is -4.89. The average molecular weight is 1270 g/mol. The minimum absolute atomic E-state index is 0.0201. The van der Waals surface area contributed by atoms with Crippen LogP contribution in [0, 0.1) is 17.8 Å². The van der Waals surface area contributed by atoms with Crippen molar-refractivity contribution in [2.24, 2.45) is 23.5 Å². The van der Waals surface area contributed by atoms with Gasteiger partial charge < -0.3 is 83.3 Å². The van der Waals surface area contributed by atoms with Gasteiger partial charge in [-0.2, -0.15) is 11.8 Å². The fourth-order valence-corrected chi connectivity index (χ4v) is 12.2. The van der Waals surface area contributed by atoms with Crippen molar-refractivity contribution in [2.75, 3.05) is 58.5 Å². The number of carboxylic acid groups (broad SMARTS) is 1. The lowest BCUT2D eigenvalue weighted by atomic mass is 9.93. The molecule has 4 heterocycles. The van der Waals surface area contributed by atoms with Crippen molar-refractivity contribution in [1.82, 2.24) is 68.2 Å². The molecule has 14 N–H and O–H groups in total. The van der Waals surface area contributed by atoms with Crippen LogP contribution in [0.15, 0.2) is 42.7 Å². The maximum absolute atomic E-state index is 14.2. The van der Waals surface area contributed by atoms with Crippen molar-refractivity contribution in [2.45, 2.75) is 185 Å². The number of nitrogens with two attached hydrogens (primary N) is 1. The van der Waals surface area contributed by atoms with Gasteiger partial charge >= 0.3 is 12.0 Å². The molecule has 11 atom stereocenters. The highest BCUT2D eigenvalue weighted by atomic mass is 32.2. The number of amides is 9. The van der Waals surface area contributed by atoms with Crippen molar-refractivity contribution < 1.29 is 67.6 Å². The first-order valence-corrected chi connectivity index (χ1v) is 32.1. The normalized spacial score (nSPS) is 24.8. The van der Waals surface area contributed by atoms with E-state index in [4.69, 9.17) is 19.9 Å². The molecule has 1 aromatic heterocycles. The smallest absolute Gasteiger partial charge is 0.315 e. The second kappa shape index (κ2) is 37.8. The summed E-state index contributed by atoms with van der Waals surface area (Å²) in [5, 5.41) is 57.0. The molecule has 2 aromatic rings. The predicted molar refractivity (Wildman–Crippen MR) is 332 cm³/mol. The van der Waals surface area contributed by atoms with Crippen LogP contribution >= 0.6 is 11.8 Å². The summed E-state index contributed by atoms with van der Waals surface area (Å²) in [4.78, 5) is 120. The van der Waals surface area contributed by atoms with Gasteiger partial charge in [-0.05, 0) is 93.7 Å². The highest BCUT2D eigenvalue weighted by molar-refractivity contribution is 8.00. The van der Waals surface area contributed by atoms with E-state index in [0.717, 1.165) is 18.6 Å². The van der Waals surface area contributed by atoms with E-state index in [1.165, 1.54) is 24.3 Å². The average Bonchev–Trinajstić information content (AvgIpc) is 2.51. The second-order valence-corrected chi connectivity index (χ2v) is 25.1. The van der Waals surface area contributed by atoms with Gasteiger partial charge in [-0.1, -0.05) is 58.5 Å². The van der Waals surface area contributed by atoms with Gasteiger partial charge in [0, 0.05) is 75.0 Å². The number of ether oxygens (including phenoxy) is 3. The topological polar surface area (TPSA) is 399 Å². The molecule has 3 aliphatic rings. The number of rotatable bonds is 27. The first kappa shape index (κ1) is 72.7. The van der Waals surface area contributed by atoms with Crippen LogP contribution in [0.25, 0.3) is 0 Å². The molecule has 496 valence electrons. The molecule has 9 amide bonds. The van der Waals surface area contributed by atoms with Crippen LogP contribution in [0.5, 0.6) is 5.75 Å². The van der Waals surface area contributed by atoms with Gasteiger partial charge in [0.25, 0.3) is 0 Å². The standard InChI is InChI=1S/C60H96N14O14S/c1-35(2)29-45-59(84)70-51(36(3)4)38(6)64-39(7)54(79)65-44(56(81)63-21-12-24-87-26-28-88-27-25-86-23-11-20-62-49(76)15-10-13-37(5)53-52-48(34-89-53)69-60(85)71-52)14-8-9-22-74-33-41(72-73-74)31-43(61)55(80)66-46(30-40-16-18-42(75)19-17-40)57(82)68-47(32-50(77)78)58(83)67-45/h16-19,33,35-37,39,43-48,51-53,64,75H,6,8-15,20-32,34,61H2,1-5,7H3,(H,62,76)(H,63,81)(H,65,79)(H,66,80)(H,67,83)(H,68,82)(H,70,84)(H,77,78)(H2,69,71,85)/t37-,39-,43-,44-,45-,46-,47-,48+,51-,52+,53?/m0/s1. The van der Waals surface area contributed by atoms with Gasteiger partial charge in [0.15, 0.2) is 0 Å². The van der Waals surface area contributed by atoms with Crippen LogP contribution in [0.1, 0.15) is 117 Å². The second-order valence-electron chi connectivity index (χ2n) is 23.8. The van der Waals surface area contributed by atoms with Gasteiger partial charge in [-0.3, -0.25) is 43.0 Å². The van der Waals surface area contributed by atoms with Crippen LogP contribution in [0.3, 0.4) is 0 Å². The molecule has 0 saturated carbocycles. The Bertz CT molecular complexity index is 2650. The van der Waals surface area contributed by atoms with Gasteiger partial charge in [0.1, 0.15) is 36.0 Å². The Hall–Kier alpha value is -7.08. The van der Waals surface area contributed by atoms with Crippen molar-refractivity contribution in [3.8, 4) is 5.75 Å². The Morgan fingerprint density at radius 1 is 0.764 bits per heavy atom. The van der Waals surface area contributed by atoms with Gasteiger partial charge in [-0.25, -0.2) is 4.79 Å². The van der Waals surface area contributed by atoms with Crippen molar-refractivity contribution in [1.29, 1.82) is 0 Å². The number of aromatic nitrogens is 3. The summed E-state index contributed by atoms with van der Waals surface area (Å²) in [7, 11) is 0. The lowest BCUT2D eigenvalue weighted by Gasteiger charge is -2.31. The molecule has 0 aliphatic carbocycles. The number of thioether (sulfide) groups is 1. The molecular weight excluding hydrogens is 1170 g/mol. The van der Waals surface area contributed by atoms with E-state index >= 15 is 0 Å². The number of carbonyl (C=O) groups excluding carboxylic acids is 8. The molecule has 2 fully saturated rings. The van der Waals surface area contributed by atoms with E-state index in [9.17, 15) is 53.4 Å². The molecule has 89 heavy (non-hydrogen) atoms. The summed E-state index contributed by atoms with van der Waals surface area (Å²) < 4.78 is 18.6. The van der Waals surface area contributed by atoms with Crippen molar-refractivity contribution in [3.05, 3.63) is 54.0 Å². The van der Waals surface area contributed by atoms with E-state index in [0.29, 0.717) is 107 Å². The third-order valence-corrected chi connectivity index (χ3v) is 17.1. The molecule has 1 aromatic carbocycles. The van der Waals surface area contributed by atoms with Gasteiger partial charge in [-0.15, -0.1) is 5.10 Å². The minimum Gasteiger partial charge on any atom is -0.508 e. The van der Waals surface area contributed by atoms with Crippen molar-refractivity contribution >= 4 is 65.1 Å². The fourth-order valence-electron chi connectivity index (χ4n) is 10.5. The zero-order valence-electron chi connectivity index (χ0n) is 52.3. The third kappa shape index (κ3) is 25.7. The number of phenolic OH excluding ortho intramolecular Hbond substituents is 1. The Balaban J connectivity index is 1.11. The quantitative estimate of drug-likeness (QED) is 0.0425. The molecule has 0 radical (unpaired) electrons. The first-order valence-electron chi connectivity index (χ1n) is 31.1. The molecule has 1 unspecified atom stereocenters. The Labute approximate surface area is 525 Å². The number of carboxylic acids is 1. The zero-order valence-corrected chi connectivity index (χ0v) is 53.1. The van der Waals surface area contributed by atoms with E-state index in [2.05, 4.69) is 77.0 Å². The fraction of sp³-hybridized carbons (Fsp3) is 0.683. The number of fused-ring (bicyclic) bond motifs is 3. The van der Waals surface area contributed by atoms with Crippen molar-refractivity contribution in [3.63, 3.8) is 0 Å². The summed E-state index contributed by atoms with van der Waals surface area (Å²) in [6.07, 6.45) is 5.12. The van der Waals surface area contributed by atoms with Gasteiger partial charge in [0.2, 0.25) is 41.4 Å². The lowest BCUT2D eigenvalue weighted by Crippen LogP contribution is -2.59. The Kier molecular flexibility index (Phi) is 30.9. The SMILES string of the molecule is C=C1N[C@@H](C)C(=O)N[C@H](C(=O)NCCCOCCOCCOCCCNC(=O)CCC[C@H](C)C2SC[C@H]3NC(=O)N[C@@H]23)CCCCn2cc(nn2)C[C@H](N)C(=O)N[C@@H](Cc2ccc(O)cc2)C(=O)N[C@@H](CC(=O)O)C(=O)N[C@@H](CC(C)C)C(=O)N[C@H]1C(C)C. The Morgan fingerprint density at radius 3 is 2.06 bits per heavy atom. The van der Waals surface area contributed by atoms with Crippen LogP contribution in [0.2, 0.25) is 0 Å². The van der Waals surface area contributed by atoms with E-state index in [1.807, 2.05) is 39.5 Å². The number of nitrogens with one attached hydrogen (secondary N) is 10. The summed E-state index contributed by atoms with van der Waals surface area (Å²) in [5.41, 5.74) is 7.47. The molecule has 28 nitrogen and oxygen atoms in total. The van der Waals surface area contributed by atoms with Crippen LogP contribution in [0.4, 0.5) is 4.79 Å². The number of benzene rings is 1. The highest BCUT2D eigenvalue weighted by Gasteiger charge is 2.45. The van der Waals surface area contributed by atoms with E-state index in [1.54, 1.807) is 17.8 Å². The van der Waals surface area contributed by atoms with E-state index < -0.39 is 90.1 Å². The molecule has 29 heteroatoms. The maximum atomic E-state index is 14.2. The Morgan fingerprint density at radius 2 is 1.39 bits per heavy atom. The number of aryl methyl sites for hydroxylation is 1. The number of hydrogen-bond donors (Lipinski definition) is 13. The predicted octanol–water partition coefficient (Wildman–Crippen LogP) is 0.407. The monoisotopic (exact) mass is 1270 g/mol. The van der Waals surface area contributed by atoms with Crippen LogP contribution in [-0.2, 0) is 72.0 Å². The number of aromatic hydroxyl groups is 1. The first-order chi connectivity index (χ1) is 42.5. The molecule has 5 rings (SSSR count). The largest absolute Gasteiger partial charge is 0.508 e. The summed E-state index contributed by atoms with van der Waals surface area (Å²) in [6.45, 7) is 18.6. The molecule has 2 saturated heterocycles. The molecular formula is C60H96N14O14S. The van der Waals surface area contributed by atoms with E-state index in [-0.39, 0.29) is 79.5 Å². The number of phenols is 1. The number of hydrogen-bond acceptors (Lipinski definition) is 18. The maximum Gasteiger partial charge on any atom is 0.315 e. The van der Waals surface area contributed by atoms with Crippen LogP contribution in [-0.4, -0.2) is 197 Å². The summed E-state index contributed by atoms with van der Waals surface area (Å²) in [6, 6.07) is -2.21. The molecule has 0 spiro atoms. The number of nitrogens with zero attached hydrogens (tertiary/aromatic N) is 3. The van der Waals surface area contributed by atoms with Gasteiger partial charge in [0.05, 0.1) is 62.7 Å². The zero-order chi connectivity index (χ0) is 65.0. The minimum atomic E-state index is -1.71. The number of carbonyl (C=O) groups is 9. The highest BCUT2D eigenvalue weighted by Crippen LogP contribution is 2.36. The van der Waals surface area contributed by atoms with Crippen LogP contribution < -0.4 is 58.9 Å². The number of urea groups is 1. The number of aliphatic carboxylic acids is 1. The third-order valence-electron chi connectivity index (χ3n) is 15.4. The molecule has 2 bridgehead atoms. The summed E-state index contributed by atoms with van der Waals surface area (Å²) >= 11 is 1.88.